The molecule has 0 fully saturated rings. The lowest BCUT2D eigenvalue weighted by Gasteiger charge is -2.13. The highest BCUT2D eigenvalue weighted by molar-refractivity contribution is 4.98. The third-order valence-corrected chi connectivity index (χ3v) is 2.24. The van der Waals surface area contributed by atoms with E-state index in [1.165, 1.54) is 0 Å². The fraction of sp³-hybridized carbons (Fsp3) is 0.818. The van der Waals surface area contributed by atoms with Crippen LogP contribution in [0.15, 0.2) is 4.42 Å². The summed E-state index contributed by atoms with van der Waals surface area (Å²) in [6, 6.07) is 0.179. The van der Waals surface area contributed by atoms with E-state index in [0.717, 1.165) is 13.0 Å². The van der Waals surface area contributed by atoms with E-state index in [4.69, 9.17) is 4.42 Å². The summed E-state index contributed by atoms with van der Waals surface area (Å²) in [6.07, 6.45) is 0.958. The molecule has 0 aromatic carbocycles. The molecule has 0 aliphatic rings. The molecule has 1 rings (SSSR count). The van der Waals surface area contributed by atoms with Gasteiger partial charge in [-0.3, -0.25) is 0 Å². The van der Waals surface area contributed by atoms with Crippen LogP contribution in [-0.2, 0) is 5.41 Å². The SMILES string of the molecule is CCNC(CC)c1nnc(C(C)(C)C)o1. The quantitative estimate of drug-likeness (QED) is 0.831. The zero-order chi connectivity index (χ0) is 11.5. The van der Waals surface area contributed by atoms with Gasteiger partial charge in [-0.2, -0.15) is 0 Å². The Morgan fingerprint density at radius 2 is 1.93 bits per heavy atom. The van der Waals surface area contributed by atoms with Crippen LogP contribution in [0.4, 0.5) is 0 Å². The van der Waals surface area contributed by atoms with E-state index in [2.05, 4.69) is 50.1 Å². The van der Waals surface area contributed by atoms with Gasteiger partial charge in [0.05, 0.1) is 6.04 Å². The zero-order valence-electron chi connectivity index (χ0n) is 10.3. The largest absolute Gasteiger partial charge is 0.423 e. The highest BCUT2D eigenvalue weighted by Crippen LogP contribution is 2.23. The van der Waals surface area contributed by atoms with Gasteiger partial charge in [0.25, 0.3) is 0 Å². The van der Waals surface area contributed by atoms with Crippen molar-refractivity contribution in [3.05, 3.63) is 11.8 Å². The first kappa shape index (κ1) is 12.2. The third kappa shape index (κ3) is 3.02. The summed E-state index contributed by atoms with van der Waals surface area (Å²) in [5, 5.41) is 11.5. The molecule has 0 saturated carbocycles. The molecule has 1 N–H and O–H groups in total. The van der Waals surface area contributed by atoms with E-state index in [1.807, 2.05) is 0 Å². The molecule has 0 saturated heterocycles. The first-order chi connectivity index (χ1) is 6.99. The van der Waals surface area contributed by atoms with Crippen LogP contribution in [0.2, 0.25) is 0 Å². The molecule has 0 spiro atoms. The summed E-state index contributed by atoms with van der Waals surface area (Å²) < 4.78 is 5.67. The number of hydrogen-bond acceptors (Lipinski definition) is 4. The normalized spacial score (nSPS) is 14.2. The van der Waals surface area contributed by atoms with E-state index < -0.39 is 0 Å². The standard InChI is InChI=1S/C11H21N3O/c1-6-8(12-7-2)9-13-14-10(15-9)11(3,4)5/h8,12H,6-7H2,1-5H3. The van der Waals surface area contributed by atoms with Crippen molar-refractivity contribution in [2.45, 2.75) is 52.5 Å². The highest BCUT2D eigenvalue weighted by atomic mass is 16.4. The first-order valence-corrected chi connectivity index (χ1v) is 5.56. The van der Waals surface area contributed by atoms with Gasteiger partial charge in [0.15, 0.2) is 0 Å². The van der Waals surface area contributed by atoms with Crippen LogP contribution in [0.3, 0.4) is 0 Å². The van der Waals surface area contributed by atoms with Crippen LogP contribution in [0.5, 0.6) is 0 Å². The van der Waals surface area contributed by atoms with Gasteiger partial charge in [0, 0.05) is 5.41 Å². The fourth-order valence-electron chi connectivity index (χ4n) is 1.33. The fourth-order valence-corrected chi connectivity index (χ4v) is 1.33. The maximum atomic E-state index is 5.67. The number of rotatable bonds is 4. The van der Waals surface area contributed by atoms with Gasteiger partial charge in [0.2, 0.25) is 11.8 Å². The maximum absolute atomic E-state index is 5.67. The lowest BCUT2D eigenvalue weighted by Crippen LogP contribution is -2.20. The summed E-state index contributed by atoms with van der Waals surface area (Å²) in [5.41, 5.74) is -0.0737. The summed E-state index contributed by atoms with van der Waals surface area (Å²) in [4.78, 5) is 0. The smallest absolute Gasteiger partial charge is 0.233 e. The van der Waals surface area contributed by atoms with Gasteiger partial charge in [-0.15, -0.1) is 10.2 Å². The minimum atomic E-state index is -0.0737. The molecule has 0 bridgehead atoms. The van der Waals surface area contributed by atoms with Crippen molar-refractivity contribution in [1.29, 1.82) is 0 Å². The van der Waals surface area contributed by atoms with Crippen LogP contribution in [0.25, 0.3) is 0 Å². The summed E-state index contributed by atoms with van der Waals surface area (Å²) in [6.45, 7) is 11.3. The summed E-state index contributed by atoms with van der Waals surface area (Å²) >= 11 is 0. The molecule has 1 aromatic heterocycles. The minimum absolute atomic E-state index is 0.0737. The van der Waals surface area contributed by atoms with E-state index in [9.17, 15) is 0 Å². The van der Waals surface area contributed by atoms with Crippen molar-refractivity contribution < 1.29 is 4.42 Å². The Balaban J connectivity index is 2.82. The van der Waals surface area contributed by atoms with Crippen molar-refractivity contribution in [3.63, 3.8) is 0 Å². The monoisotopic (exact) mass is 211 g/mol. The Morgan fingerprint density at radius 3 is 2.33 bits per heavy atom. The van der Waals surface area contributed by atoms with Crippen LogP contribution in [0.1, 0.15) is 58.9 Å². The minimum Gasteiger partial charge on any atom is -0.423 e. The van der Waals surface area contributed by atoms with Crippen LogP contribution < -0.4 is 5.32 Å². The molecule has 1 heterocycles. The van der Waals surface area contributed by atoms with Crippen molar-refractivity contribution >= 4 is 0 Å². The van der Waals surface area contributed by atoms with E-state index in [1.54, 1.807) is 0 Å². The summed E-state index contributed by atoms with van der Waals surface area (Å²) in [7, 11) is 0. The predicted molar refractivity (Wildman–Crippen MR) is 59.7 cm³/mol. The molecule has 1 atom stereocenters. The van der Waals surface area contributed by atoms with Crippen LogP contribution in [-0.4, -0.2) is 16.7 Å². The van der Waals surface area contributed by atoms with E-state index in [-0.39, 0.29) is 11.5 Å². The third-order valence-electron chi connectivity index (χ3n) is 2.24. The van der Waals surface area contributed by atoms with Gasteiger partial charge in [-0.25, -0.2) is 0 Å². The number of aromatic nitrogens is 2. The van der Waals surface area contributed by atoms with E-state index in [0.29, 0.717) is 11.8 Å². The molecule has 4 heteroatoms. The van der Waals surface area contributed by atoms with Gasteiger partial charge >= 0.3 is 0 Å². The molecule has 86 valence electrons. The molecular formula is C11H21N3O. The lowest BCUT2D eigenvalue weighted by atomic mass is 9.97. The van der Waals surface area contributed by atoms with Gasteiger partial charge in [-0.05, 0) is 13.0 Å². The molecule has 0 aliphatic heterocycles. The Bertz CT molecular complexity index is 301. The Hall–Kier alpha value is -0.900. The van der Waals surface area contributed by atoms with Crippen LogP contribution in [0, 0.1) is 0 Å². The molecule has 4 nitrogen and oxygen atoms in total. The number of hydrogen-bond donors (Lipinski definition) is 1. The highest BCUT2D eigenvalue weighted by Gasteiger charge is 2.23. The first-order valence-electron chi connectivity index (χ1n) is 5.56. The molecule has 1 aromatic rings. The lowest BCUT2D eigenvalue weighted by molar-refractivity contribution is 0.336. The molecule has 0 aliphatic carbocycles. The van der Waals surface area contributed by atoms with Crippen molar-refractivity contribution in [3.8, 4) is 0 Å². The Labute approximate surface area is 91.5 Å². The van der Waals surface area contributed by atoms with Crippen molar-refractivity contribution in [2.24, 2.45) is 0 Å². The topological polar surface area (TPSA) is 51.0 Å². The second kappa shape index (κ2) is 4.75. The van der Waals surface area contributed by atoms with Gasteiger partial charge in [0.1, 0.15) is 0 Å². The number of nitrogens with one attached hydrogen (secondary N) is 1. The maximum Gasteiger partial charge on any atom is 0.233 e. The summed E-state index contributed by atoms with van der Waals surface area (Å²) in [5.74, 6) is 1.40. The average Bonchev–Trinajstić information content (AvgIpc) is 2.62. The molecule has 0 radical (unpaired) electrons. The molecule has 15 heavy (non-hydrogen) atoms. The second-order valence-electron chi connectivity index (χ2n) is 4.71. The number of nitrogens with zero attached hydrogens (tertiary/aromatic N) is 2. The molecular weight excluding hydrogens is 190 g/mol. The van der Waals surface area contributed by atoms with E-state index >= 15 is 0 Å². The van der Waals surface area contributed by atoms with Crippen molar-refractivity contribution in [1.82, 2.24) is 15.5 Å². The molecule has 0 amide bonds. The van der Waals surface area contributed by atoms with Crippen LogP contribution >= 0.6 is 0 Å². The van der Waals surface area contributed by atoms with Crippen molar-refractivity contribution in [2.75, 3.05) is 6.54 Å². The molecule has 1 unspecified atom stereocenters. The zero-order valence-corrected chi connectivity index (χ0v) is 10.3. The Morgan fingerprint density at radius 1 is 1.27 bits per heavy atom. The van der Waals surface area contributed by atoms with Gasteiger partial charge in [-0.1, -0.05) is 34.6 Å². The average molecular weight is 211 g/mol. The van der Waals surface area contributed by atoms with Gasteiger partial charge < -0.3 is 9.73 Å². The predicted octanol–water partition coefficient (Wildman–Crippen LogP) is 2.43. The Kier molecular flexibility index (Phi) is 3.85. The second-order valence-corrected chi connectivity index (χ2v) is 4.71.